The molecule has 0 aliphatic rings. The lowest BCUT2D eigenvalue weighted by Crippen LogP contribution is -2.56. The van der Waals surface area contributed by atoms with Crippen molar-refractivity contribution < 1.29 is 36.2 Å². The van der Waals surface area contributed by atoms with Crippen molar-refractivity contribution in [3.05, 3.63) is 24.3 Å². The van der Waals surface area contributed by atoms with Gasteiger partial charge in [0.05, 0.1) is 0 Å². The van der Waals surface area contributed by atoms with Crippen molar-refractivity contribution in [3.63, 3.8) is 0 Å². The maximum atomic E-state index is 12.8. The molecule has 0 saturated carbocycles. The van der Waals surface area contributed by atoms with Gasteiger partial charge in [-0.2, -0.15) is 8.42 Å². The van der Waals surface area contributed by atoms with Crippen molar-refractivity contribution in [2.24, 2.45) is 0 Å². The van der Waals surface area contributed by atoms with Gasteiger partial charge in [0.2, 0.25) is 0 Å². The monoisotopic (exact) mass is 757 g/mol. The lowest BCUT2D eigenvalue weighted by atomic mass is 9.88. The number of hydrogen-bond acceptors (Lipinski definition) is 7. The van der Waals surface area contributed by atoms with Crippen molar-refractivity contribution in [1.29, 1.82) is 0 Å². The van der Waals surface area contributed by atoms with E-state index in [2.05, 4.69) is 38.2 Å². The Hall–Kier alpha value is -1.71. The zero-order valence-corrected chi connectivity index (χ0v) is 35.2. The van der Waals surface area contributed by atoms with Crippen molar-refractivity contribution in [2.45, 2.75) is 239 Å². The second-order valence-electron chi connectivity index (χ2n) is 15.7. The van der Waals surface area contributed by atoms with Crippen LogP contribution in [-0.4, -0.2) is 42.2 Å². The first-order valence-electron chi connectivity index (χ1n) is 21.1. The molecule has 0 atom stereocenters. The summed E-state index contributed by atoms with van der Waals surface area (Å²) in [5, 5.41) is 0. The minimum absolute atomic E-state index is 0.176. The zero-order chi connectivity index (χ0) is 39.0. The molecule has 0 aliphatic carbocycles. The fourth-order valence-corrected chi connectivity index (χ4v) is 7.37. The molecule has 0 aromatic rings. The van der Waals surface area contributed by atoms with Crippen LogP contribution in [0.1, 0.15) is 221 Å². The van der Waals surface area contributed by atoms with Gasteiger partial charge in [-0.1, -0.05) is 141 Å². The Labute approximate surface area is 320 Å². The lowest BCUT2D eigenvalue weighted by Gasteiger charge is -2.41. The van der Waals surface area contributed by atoms with Crippen molar-refractivity contribution in [2.75, 3.05) is 0 Å². The average molecular weight is 757 g/mol. The number of allylic oxidation sites excluding steroid dienone is 4. The van der Waals surface area contributed by atoms with Crippen LogP contribution in [0, 0.1) is 0 Å². The molecule has 0 unspecified atom stereocenters. The summed E-state index contributed by atoms with van der Waals surface area (Å²) in [5.74, 6) is -0.996. The Morgan fingerprint density at radius 2 is 0.769 bits per heavy atom. The Morgan fingerprint density at radius 3 is 1.06 bits per heavy atom. The number of esters is 2. The molecule has 306 valence electrons. The van der Waals surface area contributed by atoms with Crippen LogP contribution in [0.15, 0.2) is 24.3 Å². The minimum Gasteiger partial charge on any atom is -0.457 e. The van der Waals surface area contributed by atoms with Crippen LogP contribution in [0.5, 0.6) is 0 Å². The molecule has 0 bridgehead atoms. The first-order chi connectivity index (χ1) is 24.7. The van der Waals surface area contributed by atoms with Gasteiger partial charge in [-0.15, -0.1) is 0 Å². The summed E-state index contributed by atoms with van der Waals surface area (Å²) in [6.45, 7) is 10.5. The highest BCUT2D eigenvalue weighted by molar-refractivity contribution is 7.80. The zero-order valence-electron chi connectivity index (χ0n) is 34.4. The van der Waals surface area contributed by atoms with E-state index in [4.69, 9.17) is 13.7 Å². The summed E-state index contributed by atoms with van der Waals surface area (Å²) in [6.07, 6.45) is 38.0. The van der Waals surface area contributed by atoms with Gasteiger partial charge in [-0.3, -0.25) is 14.1 Å². The van der Waals surface area contributed by atoms with Crippen LogP contribution in [-0.2, 0) is 33.6 Å². The highest BCUT2D eigenvalue weighted by Gasteiger charge is 2.49. The van der Waals surface area contributed by atoms with E-state index in [0.717, 1.165) is 64.2 Å². The quantitative estimate of drug-likeness (QED) is 0.0291. The molecule has 0 aromatic heterocycles. The SMILES string of the molecule is CCCCCCCC/C=C\CCCCCCCC(=O)OC(C)(C)C(OS(=O)(=O)O)C(C)(C)OC(=O)CCCCCCC/C=C\CCCCCCCC. The summed E-state index contributed by atoms with van der Waals surface area (Å²) in [4.78, 5) is 25.5. The summed E-state index contributed by atoms with van der Waals surface area (Å²) in [6, 6.07) is 0. The third kappa shape index (κ3) is 30.7. The van der Waals surface area contributed by atoms with Crippen molar-refractivity contribution >= 4 is 22.3 Å². The Kier molecular flexibility index (Phi) is 30.6. The molecule has 0 saturated heterocycles. The molecule has 9 heteroatoms. The van der Waals surface area contributed by atoms with E-state index in [1.807, 2.05) is 0 Å². The average Bonchev–Trinajstić information content (AvgIpc) is 3.06. The first kappa shape index (κ1) is 50.3. The molecule has 52 heavy (non-hydrogen) atoms. The van der Waals surface area contributed by atoms with Gasteiger partial charge in [-0.05, 0) is 91.9 Å². The molecule has 0 radical (unpaired) electrons. The molecule has 0 amide bonds. The molecule has 0 aromatic carbocycles. The predicted molar refractivity (Wildman–Crippen MR) is 216 cm³/mol. The molecule has 1 N–H and O–H groups in total. The third-order valence-corrected chi connectivity index (χ3v) is 9.96. The second kappa shape index (κ2) is 31.6. The van der Waals surface area contributed by atoms with Gasteiger partial charge in [0.25, 0.3) is 0 Å². The fraction of sp³-hybridized carbons (Fsp3) is 0.860. The van der Waals surface area contributed by atoms with Crippen LogP contribution in [0.3, 0.4) is 0 Å². The standard InChI is InChI=1S/C43H80O8S/c1-7-9-11-13-15-17-19-21-23-25-27-29-31-33-35-37-39(44)49-42(3,4)41(51-52(46,47)48)43(5,6)50-40(45)38-36-34-32-30-28-26-24-22-20-18-16-14-12-10-8-2/h21-24,41H,7-20,25-38H2,1-6H3,(H,46,47,48)/b23-21-,24-22-. The Morgan fingerprint density at radius 1 is 0.500 bits per heavy atom. The largest absolute Gasteiger partial charge is 0.457 e. The van der Waals surface area contributed by atoms with Crippen LogP contribution >= 0.6 is 0 Å². The maximum Gasteiger partial charge on any atom is 0.397 e. The molecule has 0 aliphatic heterocycles. The van der Waals surface area contributed by atoms with Gasteiger partial charge in [0.15, 0.2) is 6.10 Å². The number of carbonyl (C=O) groups is 2. The molecular weight excluding hydrogens is 677 g/mol. The van der Waals surface area contributed by atoms with Gasteiger partial charge in [-0.25, -0.2) is 4.18 Å². The Balaban J connectivity index is 4.43. The van der Waals surface area contributed by atoms with Gasteiger partial charge >= 0.3 is 22.3 Å². The smallest absolute Gasteiger partial charge is 0.397 e. The van der Waals surface area contributed by atoms with Crippen LogP contribution in [0.4, 0.5) is 0 Å². The molecular formula is C43H80O8S. The van der Waals surface area contributed by atoms with Crippen LogP contribution < -0.4 is 0 Å². The minimum atomic E-state index is -4.94. The van der Waals surface area contributed by atoms with Crippen molar-refractivity contribution in [3.8, 4) is 0 Å². The van der Waals surface area contributed by atoms with Crippen molar-refractivity contribution in [1.82, 2.24) is 0 Å². The van der Waals surface area contributed by atoms with E-state index < -0.39 is 39.6 Å². The highest BCUT2D eigenvalue weighted by atomic mass is 32.3. The normalized spacial score (nSPS) is 12.8. The summed E-state index contributed by atoms with van der Waals surface area (Å²) in [7, 11) is -4.94. The highest BCUT2D eigenvalue weighted by Crippen LogP contribution is 2.32. The molecule has 0 spiro atoms. The topological polar surface area (TPSA) is 116 Å². The number of unbranched alkanes of at least 4 members (excludes halogenated alkanes) is 22. The van der Waals surface area contributed by atoms with Gasteiger partial charge in [0.1, 0.15) is 11.2 Å². The van der Waals surface area contributed by atoms with E-state index in [1.165, 1.54) is 118 Å². The Bertz CT molecular complexity index is 981. The number of hydrogen-bond donors (Lipinski definition) is 1. The first-order valence-corrected chi connectivity index (χ1v) is 22.5. The fourth-order valence-electron chi connectivity index (χ4n) is 6.67. The van der Waals surface area contributed by atoms with Crippen LogP contribution in [0.2, 0.25) is 0 Å². The van der Waals surface area contributed by atoms with E-state index >= 15 is 0 Å². The van der Waals surface area contributed by atoms with E-state index in [0.29, 0.717) is 12.8 Å². The molecule has 8 nitrogen and oxygen atoms in total. The summed E-state index contributed by atoms with van der Waals surface area (Å²) in [5.41, 5.74) is -3.02. The summed E-state index contributed by atoms with van der Waals surface area (Å²) >= 11 is 0. The van der Waals surface area contributed by atoms with Crippen LogP contribution in [0.25, 0.3) is 0 Å². The van der Waals surface area contributed by atoms with E-state index in [-0.39, 0.29) is 12.8 Å². The number of rotatable bonds is 36. The van der Waals surface area contributed by atoms with E-state index in [9.17, 15) is 22.6 Å². The van der Waals surface area contributed by atoms with E-state index in [1.54, 1.807) is 0 Å². The molecule has 0 fully saturated rings. The second-order valence-corrected chi connectivity index (χ2v) is 16.8. The van der Waals surface area contributed by atoms with Gasteiger partial charge < -0.3 is 9.47 Å². The molecule has 0 heterocycles. The summed E-state index contributed by atoms with van der Waals surface area (Å²) < 4.78 is 49.5. The predicted octanol–water partition coefficient (Wildman–Crippen LogP) is 12.9. The maximum absolute atomic E-state index is 12.8. The number of carbonyl (C=O) groups excluding carboxylic acids is 2. The molecule has 0 rings (SSSR count). The van der Waals surface area contributed by atoms with Gasteiger partial charge in [0, 0.05) is 12.8 Å². The third-order valence-electron chi connectivity index (χ3n) is 9.52. The number of ether oxygens (including phenoxy) is 2. The lowest BCUT2D eigenvalue weighted by molar-refractivity contribution is -0.196.